The molecule has 0 amide bonds. The van der Waals surface area contributed by atoms with Crippen molar-refractivity contribution in [2.45, 2.75) is 5.41 Å². The number of hydrogen-bond donors (Lipinski definition) is 0. The fourth-order valence-electron chi connectivity index (χ4n) is 7.96. The predicted molar refractivity (Wildman–Crippen MR) is 193 cm³/mol. The van der Waals surface area contributed by atoms with Gasteiger partial charge in [-0.3, -0.25) is 0 Å². The lowest BCUT2D eigenvalue weighted by Crippen LogP contribution is -2.32. The van der Waals surface area contributed by atoms with Crippen molar-refractivity contribution >= 4 is 10.9 Å². The minimum Gasteiger partial charge on any atom is -0.457 e. The van der Waals surface area contributed by atoms with Gasteiger partial charge in [-0.15, -0.1) is 0 Å². The van der Waals surface area contributed by atoms with Crippen LogP contribution in [0.3, 0.4) is 0 Å². The summed E-state index contributed by atoms with van der Waals surface area (Å²) in [6.45, 7) is 0. The lowest BCUT2D eigenvalue weighted by atomic mass is 9.66. The Balaban J connectivity index is 1.17. The van der Waals surface area contributed by atoms with Gasteiger partial charge < -0.3 is 4.74 Å². The van der Waals surface area contributed by atoms with Crippen LogP contribution in [0.4, 0.5) is 0 Å². The Morgan fingerprint density at radius 2 is 0.979 bits per heavy atom. The van der Waals surface area contributed by atoms with E-state index in [-0.39, 0.29) is 0 Å². The van der Waals surface area contributed by atoms with Gasteiger partial charge in [0.25, 0.3) is 0 Å². The zero-order chi connectivity index (χ0) is 31.7. The van der Waals surface area contributed by atoms with Gasteiger partial charge in [-0.05, 0) is 51.6 Å². The Hall–Kier alpha value is -6.32. The molecule has 8 aromatic rings. The van der Waals surface area contributed by atoms with Crippen LogP contribution in [0.2, 0.25) is 0 Å². The van der Waals surface area contributed by atoms with Crippen molar-refractivity contribution in [3.05, 3.63) is 192 Å². The molecule has 1 aromatic heterocycles. The first-order valence-electron chi connectivity index (χ1n) is 16.3. The quantitative estimate of drug-likeness (QED) is 0.199. The highest BCUT2D eigenvalue weighted by molar-refractivity contribution is 5.98. The van der Waals surface area contributed by atoms with Crippen molar-refractivity contribution < 1.29 is 4.74 Å². The molecular formula is C45H28N2O. The highest BCUT2D eigenvalue weighted by Gasteiger charge is 2.51. The molecule has 0 unspecified atom stereocenters. The fourth-order valence-corrected chi connectivity index (χ4v) is 7.96. The Morgan fingerprint density at radius 3 is 1.75 bits per heavy atom. The van der Waals surface area contributed by atoms with E-state index in [9.17, 15) is 0 Å². The van der Waals surface area contributed by atoms with Crippen LogP contribution in [0.25, 0.3) is 55.8 Å². The number of aromatic nitrogens is 2. The lowest BCUT2D eigenvalue weighted by molar-refractivity contribution is 0.436. The Kier molecular flexibility index (Phi) is 5.79. The molecule has 3 heteroatoms. The molecular weight excluding hydrogens is 585 g/mol. The van der Waals surface area contributed by atoms with Crippen molar-refractivity contribution in [3.63, 3.8) is 0 Å². The number of fused-ring (bicyclic) bond motifs is 10. The number of benzene rings is 7. The van der Waals surface area contributed by atoms with Gasteiger partial charge in [-0.2, -0.15) is 0 Å². The van der Waals surface area contributed by atoms with Crippen molar-refractivity contribution in [1.29, 1.82) is 0 Å². The highest BCUT2D eigenvalue weighted by Crippen LogP contribution is 2.63. The molecule has 0 N–H and O–H groups in total. The average Bonchev–Trinajstić information content (AvgIpc) is 3.46. The topological polar surface area (TPSA) is 35.0 Å². The first kappa shape index (κ1) is 26.9. The number of rotatable bonds is 3. The second-order valence-electron chi connectivity index (χ2n) is 12.5. The monoisotopic (exact) mass is 612 g/mol. The van der Waals surface area contributed by atoms with E-state index < -0.39 is 5.41 Å². The molecule has 2 heterocycles. The van der Waals surface area contributed by atoms with Gasteiger partial charge in [0.05, 0.1) is 16.6 Å². The molecule has 3 nitrogen and oxygen atoms in total. The van der Waals surface area contributed by atoms with Gasteiger partial charge in [0.15, 0.2) is 5.82 Å². The van der Waals surface area contributed by atoms with Crippen LogP contribution < -0.4 is 4.74 Å². The number of para-hydroxylation sites is 3. The van der Waals surface area contributed by atoms with E-state index in [0.29, 0.717) is 0 Å². The van der Waals surface area contributed by atoms with E-state index >= 15 is 0 Å². The summed E-state index contributed by atoms with van der Waals surface area (Å²) < 4.78 is 6.52. The van der Waals surface area contributed by atoms with E-state index in [1.54, 1.807) is 0 Å². The summed E-state index contributed by atoms with van der Waals surface area (Å²) in [5.41, 5.74) is 13.3. The Labute approximate surface area is 278 Å². The molecule has 0 fully saturated rings. The van der Waals surface area contributed by atoms with Crippen molar-refractivity contribution in [1.82, 2.24) is 9.97 Å². The third kappa shape index (κ3) is 3.76. The first-order chi connectivity index (χ1) is 23.8. The Morgan fingerprint density at radius 1 is 0.396 bits per heavy atom. The second kappa shape index (κ2) is 10.3. The van der Waals surface area contributed by atoms with Crippen LogP contribution >= 0.6 is 0 Å². The van der Waals surface area contributed by atoms with Crippen LogP contribution in [-0.2, 0) is 5.41 Å². The molecule has 7 aromatic carbocycles. The van der Waals surface area contributed by atoms with Gasteiger partial charge in [-0.1, -0.05) is 152 Å². The van der Waals surface area contributed by atoms with E-state index in [2.05, 4.69) is 146 Å². The summed E-state index contributed by atoms with van der Waals surface area (Å²) in [5.74, 6) is 2.54. The Bertz CT molecular complexity index is 2490. The summed E-state index contributed by atoms with van der Waals surface area (Å²) >= 11 is 0. The van der Waals surface area contributed by atoms with Gasteiger partial charge >= 0.3 is 0 Å². The van der Waals surface area contributed by atoms with Crippen molar-refractivity contribution in [2.75, 3.05) is 0 Å². The molecule has 0 atom stereocenters. The molecule has 1 aliphatic carbocycles. The van der Waals surface area contributed by atoms with Crippen LogP contribution in [0.5, 0.6) is 11.5 Å². The normalized spacial score (nSPS) is 13.3. The molecule has 0 bridgehead atoms. The molecule has 0 saturated heterocycles. The third-order valence-electron chi connectivity index (χ3n) is 9.98. The standard InChI is InChI=1S/C45H28N2O/c1-2-13-31(14-3-1)44-46-39-22-9-5-16-34(39)43(47-44)30-27-25-29(26-28-30)32-17-12-21-38-42(32)33-15-4-6-18-35(33)45(38)36-19-7-10-23-40(36)48-41-24-11-8-20-37(41)45/h1-28H. The first-order valence-corrected chi connectivity index (χ1v) is 16.3. The molecule has 1 spiro atoms. The van der Waals surface area contributed by atoms with E-state index in [1.807, 2.05) is 24.3 Å². The fraction of sp³-hybridized carbons (Fsp3) is 0.0222. The summed E-state index contributed by atoms with van der Waals surface area (Å²) in [6.07, 6.45) is 0. The van der Waals surface area contributed by atoms with Crippen LogP contribution in [0.15, 0.2) is 170 Å². The highest BCUT2D eigenvalue weighted by atomic mass is 16.5. The molecule has 2 aliphatic rings. The van der Waals surface area contributed by atoms with Gasteiger partial charge in [0.2, 0.25) is 0 Å². The molecule has 1 aliphatic heterocycles. The summed E-state index contributed by atoms with van der Waals surface area (Å²) in [7, 11) is 0. The van der Waals surface area contributed by atoms with Crippen LogP contribution in [0.1, 0.15) is 22.3 Å². The molecule has 48 heavy (non-hydrogen) atoms. The largest absolute Gasteiger partial charge is 0.457 e. The van der Waals surface area contributed by atoms with Gasteiger partial charge in [0, 0.05) is 27.6 Å². The molecule has 0 saturated carbocycles. The van der Waals surface area contributed by atoms with Gasteiger partial charge in [0.1, 0.15) is 11.5 Å². The maximum atomic E-state index is 6.52. The molecule has 0 radical (unpaired) electrons. The maximum Gasteiger partial charge on any atom is 0.160 e. The number of ether oxygens (including phenoxy) is 1. The summed E-state index contributed by atoms with van der Waals surface area (Å²) in [5, 5.41) is 1.04. The van der Waals surface area contributed by atoms with E-state index in [1.165, 1.54) is 38.9 Å². The summed E-state index contributed by atoms with van der Waals surface area (Å²) in [4.78, 5) is 10.0. The van der Waals surface area contributed by atoms with E-state index in [4.69, 9.17) is 14.7 Å². The second-order valence-corrected chi connectivity index (χ2v) is 12.5. The smallest absolute Gasteiger partial charge is 0.160 e. The summed E-state index contributed by atoms with van der Waals surface area (Å²) in [6, 6.07) is 60.0. The van der Waals surface area contributed by atoms with Crippen LogP contribution in [0, 0.1) is 0 Å². The van der Waals surface area contributed by atoms with Crippen molar-refractivity contribution in [2.24, 2.45) is 0 Å². The average molecular weight is 613 g/mol. The minimum absolute atomic E-state index is 0.485. The molecule has 224 valence electrons. The van der Waals surface area contributed by atoms with Crippen LogP contribution in [-0.4, -0.2) is 9.97 Å². The predicted octanol–water partition coefficient (Wildman–Crippen LogP) is 11.1. The SMILES string of the molecule is c1ccc(-c2nc(-c3ccc(-c4cccc5c4-c4ccccc4C54c5ccccc5Oc5ccccc54)cc3)c3ccccc3n2)cc1. The van der Waals surface area contributed by atoms with Gasteiger partial charge in [-0.25, -0.2) is 9.97 Å². The minimum atomic E-state index is -0.485. The van der Waals surface area contributed by atoms with Crippen molar-refractivity contribution in [3.8, 4) is 56.4 Å². The molecule has 10 rings (SSSR count). The number of nitrogens with zero attached hydrogens (tertiary/aromatic N) is 2. The zero-order valence-corrected chi connectivity index (χ0v) is 26.0. The van der Waals surface area contributed by atoms with E-state index in [0.717, 1.165) is 50.6 Å². The third-order valence-corrected chi connectivity index (χ3v) is 9.98. The lowest BCUT2D eigenvalue weighted by Gasteiger charge is -2.39. The zero-order valence-electron chi connectivity index (χ0n) is 26.0. The number of hydrogen-bond acceptors (Lipinski definition) is 3. The maximum absolute atomic E-state index is 6.52.